The zero-order valence-electron chi connectivity index (χ0n) is 12.5. The van der Waals surface area contributed by atoms with E-state index in [4.69, 9.17) is 4.74 Å². The van der Waals surface area contributed by atoms with E-state index in [0.717, 1.165) is 22.4 Å². The Balaban J connectivity index is 1.94. The molecule has 4 rings (SSSR count). The molecule has 0 atom stereocenters. The molecule has 0 aliphatic rings. The van der Waals surface area contributed by atoms with Crippen molar-refractivity contribution >= 4 is 28.8 Å². The van der Waals surface area contributed by atoms with Crippen LogP contribution in [-0.4, -0.2) is 26.7 Å². The van der Waals surface area contributed by atoms with Crippen molar-refractivity contribution in [1.29, 1.82) is 0 Å². The van der Waals surface area contributed by atoms with Crippen molar-refractivity contribution in [2.24, 2.45) is 0 Å². The normalized spacial score (nSPS) is 11.5. The highest BCUT2D eigenvalue weighted by Crippen LogP contribution is 2.23. The fourth-order valence-electron chi connectivity index (χ4n) is 2.56. The number of fused-ring (bicyclic) bond motifs is 3. The average Bonchev–Trinajstić information content (AvgIpc) is 3.04. The molecule has 4 aromatic rings. The summed E-state index contributed by atoms with van der Waals surface area (Å²) in [6.07, 6.45) is 3.96. The lowest BCUT2D eigenvalue weighted by molar-refractivity contribution is 0.402. The third-order valence-corrected chi connectivity index (χ3v) is 3.64. The van der Waals surface area contributed by atoms with Gasteiger partial charge in [0.2, 0.25) is 5.65 Å². The topological polar surface area (TPSA) is 52.3 Å². The van der Waals surface area contributed by atoms with Gasteiger partial charge in [0.15, 0.2) is 5.82 Å². The summed E-state index contributed by atoms with van der Waals surface area (Å²) in [5.74, 6) is 1.20. The number of ether oxygens (including phenoxy) is 1. The predicted octanol–water partition coefficient (Wildman–Crippen LogP) is 3.46. The number of nitrogens with zero attached hydrogens (tertiary/aromatic N) is 4. The Morgan fingerprint density at radius 2 is 1.70 bits per heavy atom. The number of aromatic nitrogens is 4. The molecule has 0 saturated carbocycles. The van der Waals surface area contributed by atoms with Gasteiger partial charge in [-0.2, -0.15) is 0 Å². The SMILES string of the molecule is COc1nc2ccccc2n2c(/C=C/c3ccccc3)nnc12. The fraction of sp³-hybridized carbons (Fsp3) is 0.0556. The van der Waals surface area contributed by atoms with E-state index in [9.17, 15) is 0 Å². The predicted molar refractivity (Wildman–Crippen MR) is 90.2 cm³/mol. The minimum absolute atomic E-state index is 0.468. The molecule has 2 aromatic heterocycles. The van der Waals surface area contributed by atoms with Crippen LogP contribution in [0.4, 0.5) is 0 Å². The first-order chi connectivity index (χ1) is 11.4. The van der Waals surface area contributed by atoms with Crippen molar-refractivity contribution < 1.29 is 4.74 Å². The standard InChI is InChI=1S/C18H14N4O/c1-23-18-17-21-20-16(12-11-13-7-3-2-4-8-13)22(17)15-10-6-5-9-14(15)19-18/h2-12H,1H3/b12-11+. The van der Waals surface area contributed by atoms with E-state index in [1.54, 1.807) is 7.11 Å². The second-order valence-electron chi connectivity index (χ2n) is 5.07. The maximum absolute atomic E-state index is 5.35. The highest BCUT2D eigenvalue weighted by Gasteiger charge is 2.13. The molecule has 0 amide bonds. The summed E-state index contributed by atoms with van der Waals surface area (Å²) in [5.41, 5.74) is 3.50. The van der Waals surface area contributed by atoms with Crippen molar-refractivity contribution in [3.8, 4) is 5.88 Å². The summed E-state index contributed by atoms with van der Waals surface area (Å²) in [7, 11) is 1.59. The van der Waals surface area contributed by atoms with E-state index in [1.807, 2.05) is 71.2 Å². The van der Waals surface area contributed by atoms with Crippen LogP contribution in [0.3, 0.4) is 0 Å². The Labute approximate surface area is 132 Å². The lowest BCUT2D eigenvalue weighted by Crippen LogP contribution is -1.98. The van der Waals surface area contributed by atoms with E-state index in [0.29, 0.717) is 11.5 Å². The molecule has 0 N–H and O–H groups in total. The highest BCUT2D eigenvalue weighted by atomic mass is 16.5. The smallest absolute Gasteiger partial charge is 0.260 e. The number of para-hydroxylation sites is 2. The summed E-state index contributed by atoms with van der Waals surface area (Å²) in [4.78, 5) is 4.48. The molecule has 0 saturated heterocycles. The van der Waals surface area contributed by atoms with Gasteiger partial charge in [-0.1, -0.05) is 48.5 Å². The van der Waals surface area contributed by atoms with Crippen molar-refractivity contribution in [3.63, 3.8) is 0 Å². The number of benzene rings is 2. The maximum Gasteiger partial charge on any atom is 0.260 e. The zero-order valence-corrected chi connectivity index (χ0v) is 12.5. The minimum atomic E-state index is 0.468. The van der Waals surface area contributed by atoms with Crippen LogP contribution in [0.2, 0.25) is 0 Å². The Hall–Kier alpha value is -3.21. The van der Waals surface area contributed by atoms with Gasteiger partial charge in [0.05, 0.1) is 18.1 Å². The number of rotatable bonds is 3. The van der Waals surface area contributed by atoms with Gasteiger partial charge in [-0.05, 0) is 23.8 Å². The zero-order chi connectivity index (χ0) is 15.6. The lowest BCUT2D eigenvalue weighted by Gasteiger charge is -2.06. The van der Waals surface area contributed by atoms with Gasteiger partial charge in [-0.25, -0.2) is 4.98 Å². The maximum atomic E-state index is 5.35. The van der Waals surface area contributed by atoms with Crippen LogP contribution in [0, 0.1) is 0 Å². The molecule has 2 heterocycles. The Morgan fingerprint density at radius 3 is 2.52 bits per heavy atom. The Kier molecular flexibility index (Phi) is 3.24. The first kappa shape index (κ1) is 13.5. The van der Waals surface area contributed by atoms with Gasteiger partial charge in [-0.3, -0.25) is 4.40 Å². The van der Waals surface area contributed by atoms with Crippen molar-refractivity contribution in [2.75, 3.05) is 7.11 Å². The summed E-state index contributed by atoms with van der Waals surface area (Å²) >= 11 is 0. The van der Waals surface area contributed by atoms with Crippen LogP contribution in [0.25, 0.3) is 28.8 Å². The monoisotopic (exact) mass is 302 g/mol. The second kappa shape index (κ2) is 5.53. The molecule has 112 valence electrons. The molecule has 2 aromatic carbocycles. The number of hydrogen-bond acceptors (Lipinski definition) is 4. The van der Waals surface area contributed by atoms with Gasteiger partial charge in [0.25, 0.3) is 5.88 Å². The highest BCUT2D eigenvalue weighted by molar-refractivity contribution is 5.81. The summed E-state index contributed by atoms with van der Waals surface area (Å²) in [6, 6.07) is 18.0. The second-order valence-corrected chi connectivity index (χ2v) is 5.07. The summed E-state index contributed by atoms with van der Waals surface area (Å²) in [5, 5.41) is 8.50. The first-order valence-electron chi connectivity index (χ1n) is 7.28. The van der Waals surface area contributed by atoms with E-state index < -0.39 is 0 Å². The van der Waals surface area contributed by atoms with Gasteiger partial charge >= 0.3 is 0 Å². The third kappa shape index (κ3) is 2.32. The number of hydrogen-bond donors (Lipinski definition) is 0. The van der Waals surface area contributed by atoms with Gasteiger partial charge in [0, 0.05) is 0 Å². The number of methoxy groups -OCH3 is 1. The van der Waals surface area contributed by atoms with Gasteiger partial charge in [0.1, 0.15) is 0 Å². The van der Waals surface area contributed by atoms with Crippen molar-refractivity contribution in [1.82, 2.24) is 19.6 Å². The van der Waals surface area contributed by atoms with Crippen LogP contribution >= 0.6 is 0 Å². The first-order valence-corrected chi connectivity index (χ1v) is 7.28. The molecule has 5 heteroatoms. The van der Waals surface area contributed by atoms with Crippen molar-refractivity contribution in [2.45, 2.75) is 0 Å². The Morgan fingerprint density at radius 1 is 0.913 bits per heavy atom. The van der Waals surface area contributed by atoms with E-state index >= 15 is 0 Å². The van der Waals surface area contributed by atoms with Crippen LogP contribution < -0.4 is 4.74 Å². The van der Waals surface area contributed by atoms with Crippen LogP contribution in [0.1, 0.15) is 11.4 Å². The molecular formula is C18H14N4O. The molecule has 0 fully saturated rings. The quantitative estimate of drug-likeness (QED) is 0.581. The van der Waals surface area contributed by atoms with Crippen LogP contribution in [-0.2, 0) is 0 Å². The Bertz CT molecular complexity index is 1010. The molecule has 0 unspecified atom stereocenters. The molecule has 0 aliphatic heterocycles. The van der Waals surface area contributed by atoms with Gasteiger partial charge in [-0.15, -0.1) is 10.2 Å². The molecule has 0 spiro atoms. The summed E-state index contributed by atoms with van der Waals surface area (Å²) < 4.78 is 7.31. The van der Waals surface area contributed by atoms with Crippen LogP contribution in [0.5, 0.6) is 5.88 Å². The van der Waals surface area contributed by atoms with Gasteiger partial charge < -0.3 is 4.74 Å². The van der Waals surface area contributed by atoms with Crippen molar-refractivity contribution in [3.05, 3.63) is 66.0 Å². The lowest BCUT2D eigenvalue weighted by atomic mass is 10.2. The third-order valence-electron chi connectivity index (χ3n) is 3.64. The van der Waals surface area contributed by atoms with E-state index in [-0.39, 0.29) is 0 Å². The molecule has 0 radical (unpaired) electrons. The van der Waals surface area contributed by atoms with E-state index in [1.165, 1.54) is 0 Å². The minimum Gasteiger partial charge on any atom is -0.478 e. The fourth-order valence-corrected chi connectivity index (χ4v) is 2.56. The molecule has 0 bridgehead atoms. The van der Waals surface area contributed by atoms with E-state index in [2.05, 4.69) is 15.2 Å². The molecular weight excluding hydrogens is 288 g/mol. The largest absolute Gasteiger partial charge is 0.478 e. The average molecular weight is 302 g/mol. The molecule has 23 heavy (non-hydrogen) atoms. The summed E-state index contributed by atoms with van der Waals surface area (Å²) in [6.45, 7) is 0. The van der Waals surface area contributed by atoms with Crippen LogP contribution in [0.15, 0.2) is 54.6 Å². The molecule has 5 nitrogen and oxygen atoms in total. The molecule has 0 aliphatic carbocycles.